The molecule has 2 heterocycles. The van der Waals surface area contributed by atoms with Crippen LogP contribution in [0, 0.1) is 17.9 Å². The number of benzene rings is 7. The molecule has 9 aromatic rings. The maximum absolute atomic E-state index is 10.1. The van der Waals surface area contributed by atoms with Gasteiger partial charge < -0.3 is 9.13 Å². The van der Waals surface area contributed by atoms with Crippen molar-refractivity contribution < 1.29 is 0 Å². The second-order valence-electron chi connectivity index (χ2n) is 12.0. The van der Waals surface area contributed by atoms with Crippen molar-refractivity contribution in [2.24, 2.45) is 0 Å². The second-order valence-corrected chi connectivity index (χ2v) is 12.0. The lowest BCUT2D eigenvalue weighted by atomic mass is 9.97. The van der Waals surface area contributed by atoms with Crippen molar-refractivity contribution in [3.63, 3.8) is 0 Å². The molecule has 0 radical (unpaired) electrons. The Labute approximate surface area is 277 Å². The molecule has 2 aromatic heterocycles. The van der Waals surface area contributed by atoms with Crippen LogP contribution in [0.2, 0.25) is 0 Å². The third kappa shape index (κ3) is 4.22. The van der Waals surface area contributed by atoms with E-state index in [1.54, 1.807) is 0 Å². The molecule has 7 aromatic carbocycles. The first kappa shape index (κ1) is 27.4. The summed E-state index contributed by atoms with van der Waals surface area (Å²) in [5.74, 6) is 0. The lowest BCUT2D eigenvalue weighted by Gasteiger charge is -2.16. The molecule has 0 aliphatic rings. The zero-order chi connectivity index (χ0) is 32.2. The van der Waals surface area contributed by atoms with Crippen LogP contribution in [-0.4, -0.2) is 9.13 Å². The Hall–Kier alpha value is -6.88. The molecule has 9 rings (SSSR count). The van der Waals surface area contributed by atoms with Gasteiger partial charge in [0.05, 0.1) is 40.3 Å². The van der Waals surface area contributed by atoms with Gasteiger partial charge in [0.25, 0.3) is 0 Å². The van der Waals surface area contributed by atoms with Gasteiger partial charge in [-0.2, -0.15) is 5.26 Å². The van der Waals surface area contributed by atoms with Crippen LogP contribution in [0.1, 0.15) is 5.56 Å². The predicted molar refractivity (Wildman–Crippen MR) is 197 cm³/mol. The van der Waals surface area contributed by atoms with Crippen LogP contribution in [0.4, 0.5) is 5.69 Å². The Bertz CT molecular complexity index is 2690. The van der Waals surface area contributed by atoms with Gasteiger partial charge in [0, 0.05) is 38.5 Å². The van der Waals surface area contributed by atoms with E-state index >= 15 is 0 Å². The summed E-state index contributed by atoms with van der Waals surface area (Å²) in [5.41, 5.74) is 11.6. The van der Waals surface area contributed by atoms with Crippen LogP contribution in [0.3, 0.4) is 0 Å². The molecule has 222 valence electrons. The van der Waals surface area contributed by atoms with Gasteiger partial charge in [0.1, 0.15) is 0 Å². The van der Waals surface area contributed by atoms with Gasteiger partial charge in [-0.15, -0.1) is 0 Å². The molecule has 0 aliphatic heterocycles. The molecule has 0 unspecified atom stereocenters. The van der Waals surface area contributed by atoms with Crippen molar-refractivity contribution in [1.82, 2.24) is 9.13 Å². The number of nitriles is 1. The van der Waals surface area contributed by atoms with E-state index in [2.05, 4.69) is 154 Å². The second kappa shape index (κ2) is 10.9. The Morgan fingerprint density at radius 2 is 0.979 bits per heavy atom. The average molecular weight is 611 g/mol. The van der Waals surface area contributed by atoms with Gasteiger partial charge in [-0.25, -0.2) is 4.85 Å². The summed E-state index contributed by atoms with van der Waals surface area (Å²) in [5, 5.41) is 14.8. The third-order valence-electron chi connectivity index (χ3n) is 9.35. The third-order valence-corrected chi connectivity index (χ3v) is 9.35. The maximum atomic E-state index is 10.1. The van der Waals surface area contributed by atoms with Crippen molar-refractivity contribution >= 4 is 49.3 Å². The van der Waals surface area contributed by atoms with Crippen molar-refractivity contribution in [3.05, 3.63) is 175 Å². The van der Waals surface area contributed by atoms with E-state index in [0.29, 0.717) is 11.3 Å². The standard InChI is InChI=1S/C44H26N4/c1-46-33-22-23-35(44(27-33)48-42-16-8-4-12-38(42)39-13-5-9-17-43(39)48)31-20-18-30(19-21-31)32-24-29(28-45)25-34(26-32)47-40-14-6-2-10-36(40)37-11-3-7-15-41(37)47/h2-27H. The maximum Gasteiger partial charge on any atom is 0.189 e. The number of nitrogens with zero attached hydrogens (tertiary/aromatic N) is 4. The summed E-state index contributed by atoms with van der Waals surface area (Å²) in [7, 11) is 0. The van der Waals surface area contributed by atoms with Gasteiger partial charge >= 0.3 is 0 Å². The van der Waals surface area contributed by atoms with Gasteiger partial charge in [0.2, 0.25) is 0 Å². The van der Waals surface area contributed by atoms with Crippen molar-refractivity contribution in [2.45, 2.75) is 0 Å². The SMILES string of the molecule is [C-]#[N+]c1ccc(-c2ccc(-c3cc(C#N)cc(-n4c5ccccc5c5ccccc54)c3)cc2)c(-n2c3ccccc3c3ccccc32)c1. The van der Waals surface area contributed by atoms with Crippen LogP contribution in [0.15, 0.2) is 158 Å². The molecular formula is C44H26N4. The molecule has 4 heteroatoms. The Morgan fingerprint density at radius 1 is 0.479 bits per heavy atom. The molecule has 0 fully saturated rings. The zero-order valence-electron chi connectivity index (χ0n) is 25.8. The Morgan fingerprint density at radius 3 is 1.50 bits per heavy atom. The van der Waals surface area contributed by atoms with Crippen molar-refractivity contribution in [1.29, 1.82) is 5.26 Å². The highest BCUT2D eigenvalue weighted by molar-refractivity contribution is 6.10. The summed E-state index contributed by atoms with van der Waals surface area (Å²) in [6.45, 7) is 7.77. The molecule has 0 bridgehead atoms. The Kier molecular flexibility index (Phi) is 6.22. The summed E-state index contributed by atoms with van der Waals surface area (Å²) in [4.78, 5) is 3.78. The zero-order valence-corrected chi connectivity index (χ0v) is 25.8. The minimum atomic E-state index is 0.596. The lowest BCUT2D eigenvalue weighted by Crippen LogP contribution is -1.97. The monoisotopic (exact) mass is 610 g/mol. The molecular weight excluding hydrogens is 585 g/mol. The minimum Gasteiger partial charge on any atom is -0.310 e. The molecule has 0 amide bonds. The van der Waals surface area contributed by atoms with Crippen LogP contribution >= 0.6 is 0 Å². The van der Waals surface area contributed by atoms with Crippen LogP contribution in [0.5, 0.6) is 0 Å². The van der Waals surface area contributed by atoms with E-state index in [1.807, 2.05) is 24.3 Å². The number of aromatic nitrogens is 2. The van der Waals surface area contributed by atoms with E-state index in [4.69, 9.17) is 6.57 Å². The quantitative estimate of drug-likeness (QED) is 0.183. The van der Waals surface area contributed by atoms with E-state index < -0.39 is 0 Å². The molecule has 0 aliphatic carbocycles. The van der Waals surface area contributed by atoms with Gasteiger partial charge in [-0.3, -0.25) is 0 Å². The number of rotatable bonds is 4. The van der Waals surface area contributed by atoms with Gasteiger partial charge in [-0.05, 0) is 65.2 Å². The summed E-state index contributed by atoms with van der Waals surface area (Å²) in [6.07, 6.45) is 0. The van der Waals surface area contributed by atoms with Gasteiger partial charge in [-0.1, -0.05) is 109 Å². The van der Waals surface area contributed by atoms with Crippen LogP contribution in [0.25, 0.3) is 82.1 Å². The topological polar surface area (TPSA) is 38.0 Å². The first-order valence-electron chi connectivity index (χ1n) is 15.9. The molecule has 0 N–H and O–H groups in total. The molecule has 48 heavy (non-hydrogen) atoms. The van der Waals surface area contributed by atoms with Crippen molar-refractivity contribution in [2.75, 3.05) is 0 Å². The molecule has 0 atom stereocenters. The van der Waals surface area contributed by atoms with Gasteiger partial charge in [0.15, 0.2) is 5.69 Å². The summed E-state index contributed by atoms with van der Waals surface area (Å²) >= 11 is 0. The normalized spacial score (nSPS) is 11.3. The fraction of sp³-hybridized carbons (Fsp3) is 0. The first-order valence-corrected chi connectivity index (χ1v) is 15.9. The van der Waals surface area contributed by atoms with E-state index in [1.165, 1.54) is 21.5 Å². The number of fused-ring (bicyclic) bond motifs is 6. The molecule has 0 spiro atoms. The average Bonchev–Trinajstić information content (AvgIpc) is 3.67. The smallest absolute Gasteiger partial charge is 0.189 e. The lowest BCUT2D eigenvalue weighted by molar-refractivity contribution is 1.18. The summed E-state index contributed by atoms with van der Waals surface area (Å²) in [6, 6.07) is 56.7. The fourth-order valence-electron chi connectivity index (χ4n) is 7.22. The van der Waals surface area contributed by atoms with E-state index in [-0.39, 0.29) is 0 Å². The van der Waals surface area contributed by atoms with Crippen molar-refractivity contribution in [3.8, 4) is 39.7 Å². The molecule has 4 nitrogen and oxygen atoms in total. The molecule has 0 saturated heterocycles. The number of hydrogen-bond acceptors (Lipinski definition) is 1. The number of para-hydroxylation sites is 4. The molecule has 0 saturated carbocycles. The highest BCUT2D eigenvalue weighted by atomic mass is 15.0. The fourth-order valence-corrected chi connectivity index (χ4v) is 7.22. The van der Waals surface area contributed by atoms with E-state index in [9.17, 15) is 5.26 Å². The van der Waals surface area contributed by atoms with E-state index in [0.717, 1.165) is 55.7 Å². The highest BCUT2D eigenvalue weighted by Gasteiger charge is 2.17. The largest absolute Gasteiger partial charge is 0.310 e. The predicted octanol–water partition coefficient (Wildman–Crippen LogP) is 11.6. The van der Waals surface area contributed by atoms with Crippen LogP contribution < -0.4 is 0 Å². The first-order chi connectivity index (χ1) is 23.7. The number of hydrogen-bond donors (Lipinski definition) is 0. The highest BCUT2D eigenvalue weighted by Crippen LogP contribution is 2.39. The van der Waals surface area contributed by atoms with Crippen LogP contribution in [-0.2, 0) is 0 Å². The summed E-state index contributed by atoms with van der Waals surface area (Å²) < 4.78 is 4.53. The minimum absolute atomic E-state index is 0.596. The Balaban J connectivity index is 1.19.